The highest BCUT2D eigenvalue weighted by atomic mass is 15.4. The van der Waals surface area contributed by atoms with Gasteiger partial charge >= 0.3 is 0 Å². The Morgan fingerprint density at radius 1 is 1.75 bits per heavy atom. The summed E-state index contributed by atoms with van der Waals surface area (Å²) in [6, 6.07) is 0. The molecule has 0 radical (unpaired) electrons. The highest BCUT2D eigenvalue weighted by Crippen LogP contribution is 1.84. The van der Waals surface area contributed by atoms with Crippen molar-refractivity contribution >= 4 is 6.72 Å². The quantitative estimate of drug-likeness (QED) is 0.398. The van der Waals surface area contributed by atoms with Crippen LogP contribution >= 0.6 is 0 Å². The van der Waals surface area contributed by atoms with Crippen molar-refractivity contribution in [2.45, 2.75) is 13.3 Å². The maximum atomic E-state index is 3.62. The van der Waals surface area contributed by atoms with E-state index in [0.29, 0.717) is 0 Å². The highest BCUT2D eigenvalue weighted by Gasteiger charge is 1.74. The molecule has 2 heteroatoms. The molecule has 0 fully saturated rings. The van der Waals surface area contributed by atoms with E-state index < -0.39 is 0 Å². The first-order valence-electron chi connectivity index (χ1n) is 2.67. The molecule has 0 saturated carbocycles. The Morgan fingerprint density at radius 2 is 2.38 bits per heavy atom. The summed E-state index contributed by atoms with van der Waals surface area (Å²) in [6.07, 6.45) is 4.95. The molecule has 0 heterocycles. The largest absolute Gasteiger partial charge is 0.277 e. The molecule has 0 saturated heterocycles. The van der Waals surface area contributed by atoms with Gasteiger partial charge in [0.15, 0.2) is 0 Å². The van der Waals surface area contributed by atoms with Crippen molar-refractivity contribution in [2.75, 3.05) is 7.05 Å². The minimum Gasteiger partial charge on any atom is -0.277 e. The Hall–Kier alpha value is -0.790. The van der Waals surface area contributed by atoms with Crippen LogP contribution in [0.3, 0.4) is 0 Å². The van der Waals surface area contributed by atoms with Gasteiger partial charge in [0.05, 0.1) is 0 Å². The van der Waals surface area contributed by atoms with E-state index in [1.54, 1.807) is 5.01 Å². The number of hydrogen-bond donors (Lipinski definition) is 0. The monoisotopic (exact) mass is 112 g/mol. The number of allylic oxidation sites excluding steroid dienone is 1. The van der Waals surface area contributed by atoms with Crippen molar-refractivity contribution in [2.24, 2.45) is 5.10 Å². The summed E-state index contributed by atoms with van der Waals surface area (Å²) in [5.74, 6) is 0. The molecule has 8 heavy (non-hydrogen) atoms. The van der Waals surface area contributed by atoms with Crippen molar-refractivity contribution in [1.82, 2.24) is 5.01 Å². The van der Waals surface area contributed by atoms with Gasteiger partial charge in [-0.15, -0.1) is 0 Å². The SMILES string of the molecule is C=NN(C)C=CCC. The lowest BCUT2D eigenvalue weighted by Gasteiger charge is -2.01. The second-order valence-corrected chi connectivity index (χ2v) is 1.51. The predicted molar refractivity (Wildman–Crippen MR) is 36.7 cm³/mol. The average Bonchev–Trinajstić information content (AvgIpc) is 1.83. The third-order valence-electron chi connectivity index (χ3n) is 0.780. The van der Waals surface area contributed by atoms with E-state index in [9.17, 15) is 0 Å². The van der Waals surface area contributed by atoms with Crippen LogP contribution in [0, 0.1) is 0 Å². The summed E-state index contributed by atoms with van der Waals surface area (Å²) in [5, 5.41) is 5.29. The first-order chi connectivity index (χ1) is 3.81. The Balaban J connectivity index is 3.35. The van der Waals surface area contributed by atoms with Gasteiger partial charge in [0.2, 0.25) is 0 Å². The molecule has 0 aliphatic rings. The van der Waals surface area contributed by atoms with E-state index in [0.717, 1.165) is 6.42 Å². The van der Waals surface area contributed by atoms with Crippen LogP contribution in [0.2, 0.25) is 0 Å². The molecule has 0 N–H and O–H groups in total. The van der Waals surface area contributed by atoms with Gasteiger partial charge in [-0.05, 0) is 6.42 Å². The van der Waals surface area contributed by atoms with Gasteiger partial charge in [0.25, 0.3) is 0 Å². The number of hydrogen-bond acceptors (Lipinski definition) is 2. The van der Waals surface area contributed by atoms with E-state index >= 15 is 0 Å². The Bertz CT molecular complexity index is 86.5. The van der Waals surface area contributed by atoms with Crippen molar-refractivity contribution in [1.29, 1.82) is 0 Å². The van der Waals surface area contributed by atoms with Crippen LogP contribution in [0.5, 0.6) is 0 Å². The maximum Gasteiger partial charge on any atom is 0.0296 e. The van der Waals surface area contributed by atoms with Crippen molar-refractivity contribution in [3.8, 4) is 0 Å². The molecule has 0 amide bonds. The minimum atomic E-state index is 1.04. The summed E-state index contributed by atoms with van der Waals surface area (Å²) >= 11 is 0. The molecule has 0 spiro atoms. The van der Waals surface area contributed by atoms with E-state index in [4.69, 9.17) is 0 Å². The van der Waals surface area contributed by atoms with Gasteiger partial charge in [0, 0.05) is 20.0 Å². The third-order valence-corrected chi connectivity index (χ3v) is 0.780. The van der Waals surface area contributed by atoms with E-state index in [2.05, 4.69) is 18.7 Å². The summed E-state index contributed by atoms with van der Waals surface area (Å²) in [7, 11) is 1.85. The van der Waals surface area contributed by atoms with Crippen LogP contribution in [0.15, 0.2) is 17.4 Å². The van der Waals surface area contributed by atoms with Crippen LogP contribution in [0.1, 0.15) is 13.3 Å². The first kappa shape index (κ1) is 7.21. The lowest BCUT2D eigenvalue weighted by atomic mass is 10.5. The zero-order valence-electron chi connectivity index (χ0n) is 5.46. The Morgan fingerprint density at radius 3 is 2.75 bits per heavy atom. The Labute approximate surface area is 50.5 Å². The smallest absolute Gasteiger partial charge is 0.0296 e. The van der Waals surface area contributed by atoms with Crippen LogP contribution in [-0.2, 0) is 0 Å². The van der Waals surface area contributed by atoms with Gasteiger partial charge < -0.3 is 0 Å². The summed E-state index contributed by atoms with van der Waals surface area (Å²) < 4.78 is 0. The fourth-order valence-corrected chi connectivity index (χ4v) is 0.305. The van der Waals surface area contributed by atoms with Crippen LogP contribution in [0.25, 0.3) is 0 Å². The maximum absolute atomic E-state index is 3.62. The lowest BCUT2D eigenvalue weighted by molar-refractivity contribution is 0.493. The van der Waals surface area contributed by atoms with Gasteiger partial charge in [-0.3, -0.25) is 5.01 Å². The summed E-state index contributed by atoms with van der Waals surface area (Å²) in [4.78, 5) is 0. The van der Waals surface area contributed by atoms with Crippen LogP contribution in [-0.4, -0.2) is 18.8 Å². The molecule has 0 aliphatic heterocycles. The molecule has 0 aliphatic carbocycles. The molecule has 0 aromatic heterocycles. The van der Waals surface area contributed by atoms with E-state index in [1.807, 2.05) is 19.3 Å². The molecule has 0 unspecified atom stereocenters. The summed E-state index contributed by atoms with van der Waals surface area (Å²) in [6.45, 7) is 5.42. The number of rotatable bonds is 3. The van der Waals surface area contributed by atoms with E-state index in [1.165, 1.54) is 0 Å². The molecular formula is C6H12N2. The molecule has 46 valence electrons. The van der Waals surface area contributed by atoms with Gasteiger partial charge in [-0.2, -0.15) is 5.10 Å². The molecule has 0 bridgehead atoms. The molecular weight excluding hydrogens is 100 g/mol. The second-order valence-electron chi connectivity index (χ2n) is 1.51. The molecule has 0 atom stereocenters. The second kappa shape index (κ2) is 4.37. The molecule has 0 aromatic carbocycles. The van der Waals surface area contributed by atoms with Gasteiger partial charge in [-0.25, -0.2) is 0 Å². The van der Waals surface area contributed by atoms with E-state index in [-0.39, 0.29) is 0 Å². The lowest BCUT2D eigenvalue weighted by Crippen LogP contribution is -1.97. The molecule has 0 aromatic rings. The van der Waals surface area contributed by atoms with Crippen molar-refractivity contribution < 1.29 is 0 Å². The number of nitrogens with zero attached hydrogens (tertiary/aromatic N) is 2. The fraction of sp³-hybridized carbons (Fsp3) is 0.500. The molecule has 2 nitrogen and oxygen atoms in total. The third kappa shape index (κ3) is 3.40. The van der Waals surface area contributed by atoms with Gasteiger partial charge in [-0.1, -0.05) is 13.0 Å². The molecule has 0 rings (SSSR count). The number of hydrazone groups is 1. The van der Waals surface area contributed by atoms with Crippen LogP contribution in [0.4, 0.5) is 0 Å². The van der Waals surface area contributed by atoms with Crippen molar-refractivity contribution in [3.63, 3.8) is 0 Å². The highest BCUT2D eigenvalue weighted by molar-refractivity contribution is 5.22. The normalized spacial score (nSPS) is 9.75. The topological polar surface area (TPSA) is 15.6 Å². The first-order valence-corrected chi connectivity index (χ1v) is 2.67. The Kier molecular flexibility index (Phi) is 3.94. The van der Waals surface area contributed by atoms with Gasteiger partial charge in [0.1, 0.15) is 0 Å². The van der Waals surface area contributed by atoms with Crippen molar-refractivity contribution in [3.05, 3.63) is 12.3 Å². The zero-order chi connectivity index (χ0) is 6.41. The average molecular weight is 112 g/mol. The summed E-state index contributed by atoms with van der Waals surface area (Å²) in [5.41, 5.74) is 0. The standard InChI is InChI=1S/C6H12N2/c1-4-5-6-8(3)7-2/h5-6H,2,4H2,1,3H3. The fourth-order valence-electron chi connectivity index (χ4n) is 0.305. The predicted octanol–water partition coefficient (Wildman–Crippen LogP) is 1.46. The minimum absolute atomic E-state index is 1.04. The van der Waals surface area contributed by atoms with Crippen LogP contribution < -0.4 is 0 Å². The zero-order valence-corrected chi connectivity index (χ0v) is 5.46.